The van der Waals surface area contributed by atoms with Gasteiger partial charge in [0.05, 0.1) is 0 Å². The normalized spacial score (nSPS) is 11.2. The molecular formula is C14H22F2O2Si. The predicted molar refractivity (Wildman–Crippen MR) is 74.5 cm³/mol. The first-order chi connectivity index (χ1) is 9.15. The average Bonchev–Trinajstić information content (AvgIpc) is 2.34. The highest BCUT2D eigenvalue weighted by atomic mass is 28.3. The fourth-order valence-electron chi connectivity index (χ4n) is 1.98. The minimum Gasteiger partial charge on any atom is -0.397 e. The van der Waals surface area contributed by atoms with Crippen molar-refractivity contribution in [3.8, 4) is 0 Å². The van der Waals surface area contributed by atoms with Crippen LogP contribution in [0, 0.1) is 11.6 Å². The Bertz CT molecular complexity index is 348. The van der Waals surface area contributed by atoms with Crippen molar-refractivity contribution in [3.05, 3.63) is 35.4 Å². The second-order valence-corrected chi connectivity index (χ2v) is 6.47. The topological polar surface area (TPSA) is 18.5 Å². The van der Waals surface area contributed by atoms with Gasteiger partial charge in [-0.2, -0.15) is 0 Å². The van der Waals surface area contributed by atoms with Gasteiger partial charge in [0.1, 0.15) is 11.6 Å². The highest BCUT2D eigenvalue weighted by Crippen LogP contribution is 2.13. The van der Waals surface area contributed by atoms with E-state index in [0.717, 1.165) is 25.0 Å². The van der Waals surface area contributed by atoms with Gasteiger partial charge < -0.3 is 8.85 Å². The van der Waals surface area contributed by atoms with E-state index in [2.05, 4.69) is 0 Å². The number of hydrogen-bond donors (Lipinski definition) is 0. The van der Waals surface area contributed by atoms with Crippen LogP contribution in [0.5, 0.6) is 0 Å². The quantitative estimate of drug-likeness (QED) is 0.511. The van der Waals surface area contributed by atoms with Crippen molar-refractivity contribution in [2.24, 2.45) is 0 Å². The van der Waals surface area contributed by atoms with Crippen LogP contribution >= 0.6 is 0 Å². The van der Waals surface area contributed by atoms with E-state index in [9.17, 15) is 8.78 Å². The second-order valence-electron chi connectivity index (χ2n) is 4.36. The van der Waals surface area contributed by atoms with Gasteiger partial charge >= 0.3 is 9.28 Å². The van der Waals surface area contributed by atoms with Gasteiger partial charge in [-0.05, 0) is 50.4 Å². The van der Waals surface area contributed by atoms with Crippen LogP contribution in [0.25, 0.3) is 0 Å². The zero-order chi connectivity index (χ0) is 14.1. The molecule has 0 spiro atoms. The number of aryl methyl sites for hydroxylation is 1. The summed E-state index contributed by atoms with van der Waals surface area (Å²) in [4.78, 5) is 0. The Morgan fingerprint density at radius 3 is 2.05 bits per heavy atom. The van der Waals surface area contributed by atoms with Crippen molar-refractivity contribution < 1.29 is 17.6 Å². The summed E-state index contributed by atoms with van der Waals surface area (Å²) in [6.45, 7) is 5.31. The van der Waals surface area contributed by atoms with Gasteiger partial charge in [0.25, 0.3) is 0 Å². The number of halogens is 2. The minimum absolute atomic E-state index is 0.508. The summed E-state index contributed by atoms with van der Waals surface area (Å²) in [5.41, 5.74) is 0.712. The molecule has 0 unspecified atom stereocenters. The van der Waals surface area contributed by atoms with E-state index in [1.807, 2.05) is 13.8 Å². The highest BCUT2D eigenvalue weighted by molar-refractivity contribution is 6.44. The highest BCUT2D eigenvalue weighted by Gasteiger charge is 2.11. The standard InChI is InChI=1S/C14H22F2O2Si/c1-3-17-19(18-4-2)8-6-5-7-12-9-13(15)11-14(16)10-12/h9-11,19H,3-8H2,1-2H3. The molecule has 0 heterocycles. The van der Waals surface area contributed by atoms with Gasteiger partial charge in [-0.15, -0.1) is 0 Å². The molecule has 0 saturated heterocycles. The molecule has 0 radical (unpaired) electrons. The van der Waals surface area contributed by atoms with Crippen LogP contribution in [0.4, 0.5) is 8.78 Å². The molecule has 1 aromatic carbocycles. The number of unbranched alkanes of at least 4 members (excludes halogenated alkanes) is 1. The number of hydrogen-bond acceptors (Lipinski definition) is 2. The van der Waals surface area contributed by atoms with Crippen molar-refractivity contribution in [1.29, 1.82) is 0 Å². The monoisotopic (exact) mass is 288 g/mol. The van der Waals surface area contributed by atoms with Gasteiger partial charge in [-0.3, -0.25) is 0 Å². The summed E-state index contributed by atoms with van der Waals surface area (Å²) in [7, 11) is -1.53. The average molecular weight is 288 g/mol. The molecule has 0 atom stereocenters. The zero-order valence-electron chi connectivity index (χ0n) is 11.6. The molecular weight excluding hydrogens is 266 g/mol. The fourth-order valence-corrected chi connectivity index (χ4v) is 3.78. The van der Waals surface area contributed by atoms with Crippen LogP contribution in [-0.4, -0.2) is 22.5 Å². The van der Waals surface area contributed by atoms with Crippen LogP contribution < -0.4 is 0 Å². The molecule has 5 heteroatoms. The summed E-state index contributed by atoms with van der Waals surface area (Å²) >= 11 is 0. The Kier molecular flexibility index (Phi) is 7.86. The lowest BCUT2D eigenvalue weighted by atomic mass is 10.1. The summed E-state index contributed by atoms with van der Waals surface area (Å²) < 4.78 is 37.1. The first-order valence-electron chi connectivity index (χ1n) is 6.83. The lowest BCUT2D eigenvalue weighted by molar-refractivity contribution is 0.212. The van der Waals surface area contributed by atoms with E-state index in [4.69, 9.17) is 8.85 Å². The van der Waals surface area contributed by atoms with Crippen molar-refractivity contribution in [1.82, 2.24) is 0 Å². The van der Waals surface area contributed by atoms with Gasteiger partial charge in [-0.1, -0.05) is 6.42 Å². The van der Waals surface area contributed by atoms with Gasteiger partial charge in [0.15, 0.2) is 0 Å². The zero-order valence-corrected chi connectivity index (χ0v) is 12.8. The van der Waals surface area contributed by atoms with Gasteiger partial charge in [0, 0.05) is 19.3 Å². The minimum atomic E-state index is -1.53. The molecule has 19 heavy (non-hydrogen) atoms. The van der Waals surface area contributed by atoms with Crippen LogP contribution in [0.2, 0.25) is 6.04 Å². The molecule has 0 bridgehead atoms. The lowest BCUT2D eigenvalue weighted by Gasteiger charge is -2.14. The fraction of sp³-hybridized carbons (Fsp3) is 0.571. The molecule has 0 aromatic heterocycles. The van der Waals surface area contributed by atoms with Crippen molar-refractivity contribution in [2.45, 2.75) is 39.2 Å². The maximum Gasteiger partial charge on any atom is 0.321 e. The van der Waals surface area contributed by atoms with Crippen LogP contribution in [0.15, 0.2) is 18.2 Å². The smallest absolute Gasteiger partial charge is 0.321 e. The Morgan fingerprint density at radius 2 is 1.53 bits per heavy atom. The molecule has 108 valence electrons. The van der Waals surface area contributed by atoms with E-state index in [1.54, 1.807) is 0 Å². The largest absolute Gasteiger partial charge is 0.397 e. The molecule has 0 fully saturated rings. The van der Waals surface area contributed by atoms with Crippen LogP contribution in [0.1, 0.15) is 32.3 Å². The maximum absolute atomic E-state index is 13.0. The first-order valence-corrected chi connectivity index (χ1v) is 8.59. The molecule has 0 amide bonds. The Labute approximate surface area is 115 Å². The van der Waals surface area contributed by atoms with E-state index in [1.165, 1.54) is 12.1 Å². The molecule has 1 rings (SSSR count). The summed E-state index contributed by atoms with van der Waals surface area (Å²) in [5, 5.41) is 0. The van der Waals surface area contributed by atoms with Gasteiger partial charge in [0.2, 0.25) is 0 Å². The molecule has 0 aliphatic rings. The lowest BCUT2D eigenvalue weighted by Crippen LogP contribution is -2.22. The van der Waals surface area contributed by atoms with E-state index < -0.39 is 20.9 Å². The van der Waals surface area contributed by atoms with E-state index in [-0.39, 0.29) is 0 Å². The second kappa shape index (κ2) is 9.17. The third-order valence-corrected chi connectivity index (χ3v) is 5.07. The Balaban J connectivity index is 2.29. The Morgan fingerprint density at radius 1 is 0.947 bits per heavy atom. The first kappa shape index (κ1) is 16.3. The molecule has 0 saturated carbocycles. The molecule has 0 N–H and O–H groups in total. The SMILES string of the molecule is CCO[SiH](CCCCc1cc(F)cc(F)c1)OCC. The van der Waals surface area contributed by atoms with Gasteiger partial charge in [-0.25, -0.2) is 8.78 Å². The summed E-state index contributed by atoms with van der Waals surface area (Å²) in [5.74, 6) is -1.02. The summed E-state index contributed by atoms with van der Waals surface area (Å²) in [6, 6.07) is 4.63. The van der Waals surface area contributed by atoms with Crippen LogP contribution in [0.3, 0.4) is 0 Å². The third-order valence-electron chi connectivity index (χ3n) is 2.78. The molecule has 2 nitrogen and oxygen atoms in total. The predicted octanol–water partition coefficient (Wildman–Crippen LogP) is 3.58. The van der Waals surface area contributed by atoms with E-state index >= 15 is 0 Å². The number of benzene rings is 1. The van der Waals surface area contributed by atoms with Crippen LogP contribution in [-0.2, 0) is 15.3 Å². The molecule has 0 aliphatic heterocycles. The third kappa shape index (κ3) is 6.80. The Hall–Kier alpha value is -0.783. The molecule has 1 aromatic rings. The molecule has 0 aliphatic carbocycles. The van der Waals surface area contributed by atoms with Crippen molar-refractivity contribution >= 4 is 9.28 Å². The number of rotatable bonds is 9. The van der Waals surface area contributed by atoms with Crippen molar-refractivity contribution in [3.63, 3.8) is 0 Å². The maximum atomic E-state index is 13.0. The van der Waals surface area contributed by atoms with E-state index in [0.29, 0.717) is 25.2 Å². The van der Waals surface area contributed by atoms with Crippen molar-refractivity contribution in [2.75, 3.05) is 13.2 Å². The summed E-state index contributed by atoms with van der Waals surface area (Å²) in [6.07, 6.45) is 2.55.